The van der Waals surface area contributed by atoms with E-state index < -0.39 is 6.10 Å². The van der Waals surface area contributed by atoms with E-state index in [0.717, 1.165) is 37.6 Å². The molecule has 108 valence electrons. The molecule has 1 aliphatic heterocycles. The Hall–Kier alpha value is -1.28. The minimum Gasteiger partial charge on any atom is -0.393 e. The molecule has 0 aliphatic carbocycles. The van der Waals surface area contributed by atoms with Crippen LogP contribution in [0.1, 0.15) is 28.1 Å². The van der Waals surface area contributed by atoms with Crippen LogP contribution < -0.4 is 0 Å². The van der Waals surface area contributed by atoms with Gasteiger partial charge in [0.1, 0.15) is 6.10 Å². The molecule has 1 atom stereocenters. The predicted octanol–water partition coefficient (Wildman–Crippen LogP) is 0.690. The van der Waals surface area contributed by atoms with Crippen LogP contribution in [0, 0.1) is 6.92 Å². The SMILES string of the molecule is Cc1scnc1CN1CCn2nc(C(O)CO)cc2C1. The van der Waals surface area contributed by atoms with Crippen molar-refractivity contribution in [1.29, 1.82) is 0 Å². The topological polar surface area (TPSA) is 74.4 Å². The van der Waals surface area contributed by atoms with Crippen molar-refractivity contribution >= 4 is 11.3 Å². The van der Waals surface area contributed by atoms with Crippen LogP contribution >= 0.6 is 11.3 Å². The molecule has 0 saturated heterocycles. The van der Waals surface area contributed by atoms with E-state index >= 15 is 0 Å². The number of rotatable bonds is 4. The second-order valence-corrected chi connectivity index (χ2v) is 6.11. The first-order valence-electron chi connectivity index (χ1n) is 6.64. The van der Waals surface area contributed by atoms with Crippen molar-refractivity contribution in [2.45, 2.75) is 32.7 Å². The number of thiazole rings is 1. The average Bonchev–Trinajstić information content (AvgIpc) is 3.04. The number of hydrogen-bond donors (Lipinski definition) is 2. The zero-order valence-corrected chi connectivity index (χ0v) is 12.2. The minimum atomic E-state index is -0.887. The van der Waals surface area contributed by atoms with Crippen LogP contribution in [-0.2, 0) is 19.6 Å². The lowest BCUT2D eigenvalue weighted by Crippen LogP contribution is -2.33. The van der Waals surface area contributed by atoms with Gasteiger partial charge in [0.2, 0.25) is 0 Å². The summed E-state index contributed by atoms with van der Waals surface area (Å²) in [5.41, 5.74) is 4.65. The summed E-state index contributed by atoms with van der Waals surface area (Å²) in [7, 11) is 0. The van der Waals surface area contributed by atoms with Crippen molar-refractivity contribution in [3.8, 4) is 0 Å². The van der Waals surface area contributed by atoms with Gasteiger partial charge in [-0.15, -0.1) is 11.3 Å². The van der Waals surface area contributed by atoms with E-state index in [0.29, 0.717) is 5.69 Å². The van der Waals surface area contributed by atoms with Gasteiger partial charge in [0, 0.05) is 24.5 Å². The fourth-order valence-corrected chi connectivity index (χ4v) is 3.02. The Morgan fingerprint density at radius 2 is 2.30 bits per heavy atom. The van der Waals surface area contributed by atoms with Gasteiger partial charge in [0.15, 0.2) is 0 Å². The average molecular weight is 294 g/mol. The summed E-state index contributed by atoms with van der Waals surface area (Å²) in [6.45, 7) is 5.16. The highest BCUT2D eigenvalue weighted by Crippen LogP contribution is 2.20. The molecule has 2 aromatic rings. The Balaban J connectivity index is 1.72. The van der Waals surface area contributed by atoms with Gasteiger partial charge in [-0.3, -0.25) is 9.58 Å². The van der Waals surface area contributed by atoms with Crippen LogP contribution in [0.15, 0.2) is 11.6 Å². The number of aryl methyl sites for hydroxylation is 1. The first-order valence-corrected chi connectivity index (χ1v) is 7.52. The molecular weight excluding hydrogens is 276 g/mol. The molecule has 1 aliphatic rings. The Morgan fingerprint density at radius 1 is 1.45 bits per heavy atom. The second kappa shape index (κ2) is 5.61. The van der Waals surface area contributed by atoms with Crippen LogP contribution in [-0.4, -0.2) is 43.0 Å². The van der Waals surface area contributed by atoms with Crippen molar-refractivity contribution in [2.24, 2.45) is 0 Å². The molecule has 1 unspecified atom stereocenters. The van der Waals surface area contributed by atoms with E-state index in [9.17, 15) is 5.11 Å². The minimum absolute atomic E-state index is 0.293. The third-order valence-electron chi connectivity index (χ3n) is 3.63. The van der Waals surface area contributed by atoms with Gasteiger partial charge >= 0.3 is 0 Å². The van der Waals surface area contributed by atoms with Gasteiger partial charge in [0.25, 0.3) is 0 Å². The van der Waals surface area contributed by atoms with E-state index in [4.69, 9.17) is 5.11 Å². The molecule has 0 radical (unpaired) electrons. The van der Waals surface area contributed by atoms with Crippen molar-refractivity contribution in [3.63, 3.8) is 0 Å². The number of aliphatic hydroxyl groups is 2. The third kappa shape index (κ3) is 2.62. The van der Waals surface area contributed by atoms with Crippen LogP contribution in [0.2, 0.25) is 0 Å². The molecule has 0 bridgehead atoms. The van der Waals surface area contributed by atoms with Crippen molar-refractivity contribution in [3.05, 3.63) is 33.5 Å². The lowest BCUT2D eigenvalue weighted by molar-refractivity contribution is 0.0915. The van der Waals surface area contributed by atoms with Crippen LogP contribution in [0.25, 0.3) is 0 Å². The molecule has 3 rings (SSSR count). The summed E-state index contributed by atoms with van der Waals surface area (Å²) in [5, 5.41) is 23.0. The maximum absolute atomic E-state index is 9.64. The first kappa shape index (κ1) is 13.7. The lowest BCUT2D eigenvalue weighted by atomic mass is 10.2. The summed E-state index contributed by atoms with van der Waals surface area (Å²) in [4.78, 5) is 7.99. The Bertz CT molecular complexity index is 595. The Kier molecular flexibility index (Phi) is 3.84. The molecule has 2 aromatic heterocycles. The summed E-state index contributed by atoms with van der Waals surface area (Å²) in [5.74, 6) is 0. The highest BCUT2D eigenvalue weighted by atomic mass is 32.1. The maximum Gasteiger partial charge on any atom is 0.121 e. The van der Waals surface area contributed by atoms with Crippen molar-refractivity contribution in [1.82, 2.24) is 19.7 Å². The summed E-state index contributed by atoms with van der Waals surface area (Å²) >= 11 is 1.67. The molecule has 7 heteroatoms. The van der Waals surface area contributed by atoms with E-state index in [2.05, 4.69) is 21.9 Å². The highest BCUT2D eigenvalue weighted by Gasteiger charge is 2.21. The van der Waals surface area contributed by atoms with E-state index in [1.54, 1.807) is 11.3 Å². The van der Waals surface area contributed by atoms with Crippen molar-refractivity contribution < 1.29 is 10.2 Å². The monoisotopic (exact) mass is 294 g/mol. The fraction of sp³-hybridized carbons (Fsp3) is 0.538. The largest absolute Gasteiger partial charge is 0.393 e. The lowest BCUT2D eigenvalue weighted by Gasteiger charge is -2.26. The standard InChI is InChI=1S/C13H18N4O2S/c1-9-12(14-8-20-9)6-16-2-3-17-10(5-16)4-11(15-17)13(19)7-18/h4,8,13,18-19H,2-3,5-7H2,1H3. The molecule has 0 saturated carbocycles. The number of hydrogen-bond acceptors (Lipinski definition) is 6. The van der Waals surface area contributed by atoms with E-state index in [1.165, 1.54) is 4.88 Å². The first-order chi connectivity index (χ1) is 9.67. The van der Waals surface area contributed by atoms with E-state index in [1.807, 2.05) is 16.3 Å². The van der Waals surface area contributed by atoms with Gasteiger partial charge in [0.05, 0.1) is 35.7 Å². The molecule has 0 amide bonds. The zero-order chi connectivity index (χ0) is 14.1. The van der Waals surface area contributed by atoms with Gasteiger partial charge in [-0.1, -0.05) is 0 Å². The normalized spacial score (nSPS) is 17.1. The van der Waals surface area contributed by atoms with Gasteiger partial charge < -0.3 is 10.2 Å². The molecular formula is C13H18N4O2S. The fourth-order valence-electron chi connectivity index (χ4n) is 2.43. The number of aromatic nitrogens is 3. The quantitative estimate of drug-likeness (QED) is 0.868. The van der Waals surface area contributed by atoms with Gasteiger partial charge in [-0.2, -0.15) is 5.10 Å². The Labute approximate surface area is 121 Å². The van der Waals surface area contributed by atoms with Gasteiger partial charge in [-0.25, -0.2) is 4.98 Å². The number of fused-ring (bicyclic) bond motifs is 1. The Morgan fingerprint density at radius 3 is 3.00 bits per heavy atom. The second-order valence-electron chi connectivity index (χ2n) is 5.05. The molecule has 0 spiro atoms. The van der Waals surface area contributed by atoms with Crippen LogP contribution in [0.4, 0.5) is 0 Å². The maximum atomic E-state index is 9.64. The molecule has 3 heterocycles. The van der Waals surface area contributed by atoms with Crippen LogP contribution in [0.3, 0.4) is 0 Å². The van der Waals surface area contributed by atoms with Crippen molar-refractivity contribution in [2.75, 3.05) is 13.2 Å². The highest BCUT2D eigenvalue weighted by molar-refractivity contribution is 7.09. The smallest absolute Gasteiger partial charge is 0.121 e. The summed E-state index contributed by atoms with van der Waals surface area (Å²) in [6, 6.07) is 1.88. The summed E-state index contributed by atoms with van der Waals surface area (Å²) < 4.78 is 1.92. The molecule has 6 nitrogen and oxygen atoms in total. The molecule has 0 fully saturated rings. The third-order valence-corrected chi connectivity index (χ3v) is 4.43. The number of aliphatic hydroxyl groups excluding tert-OH is 2. The molecule has 0 aromatic carbocycles. The zero-order valence-electron chi connectivity index (χ0n) is 11.4. The van der Waals surface area contributed by atoms with Gasteiger partial charge in [-0.05, 0) is 13.0 Å². The predicted molar refractivity (Wildman–Crippen MR) is 75.2 cm³/mol. The van der Waals surface area contributed by atoms with Crippen LogP contribution in [0.5, 0.6) is 0 Å². The van der Waals surface area contributed by atoms with E-state index in [-0.39, 0.29) is 6.61 Å². The number of nitrogens with zero attached hydrogens (tertiary/aromatic N) is 4. The summed E-state index contributed by atoms with van der Waals surface area (Å²) in [6.07, 6.45) is -0.887. The molecule has 2 N–H and O–H groups in total. The molecule has 20 heavy (non-hydrogen) atoms.